The highest BCUT2D eigenvalue weighted by Crippen LogP contribution is 2.32. The fourth-order valence-corrected chi connectivity index (χ4v) is 2.55. The van der Waals surface area contributed by atoms with Gasteiger partial charge in [0.1, 0.15) is 0 Å². The van der Waals surface area contributed by atoms with Gasteiger partial charge in [-0.1, -0.05) is 30.3 Å². The third-order valence-corrected chi connectivity index (χ3v) is 3.75. The Labute approximate surface area is 120 Å². The van der Waals surface area contributed by atoms with Crippen molar-refractivity contribution in [2.75, 3.05) is 13.2 Å². The summed E-state index contributed by atoms with van der Waals surface area (Å²) in [4.78, 5) is 11.8. The van der Waals surface area contributed by atoms with E-state index in [9.17, 15) is 9.90 Å². The summed E-state index contributed by atoms with van der Waals surface area (Å²) in [7, 11) is 0. The van der Waals surface area contributed by atoms with Crippen LogP contribution < -0.4 is 5.32 Å². The highest BCUT2D eigenvalue weighted by Gasteiger charge is 2.31. The predicted molar refractivity (Wildman–Crippen MR) is 77.2 cm³/mol. The Morgan fingerprint density at radius 1 is 1.40 bits per heavy atom. The van der Waals surface area contributed by atoms with Crippen molar-refractivity contribution in [3.05, 3.63) is 35.9 Å². The van der Waals surface area contributed by atoms with E-state index in [2.05, 4.69) is 5.32 Å². The lowest BCUT2D eigenvalue weighted by atomic mass is 9.80. The minimum Gasteiger partial charge on any atom is -0.387 e. The summed E-state index contributed by atoms with van der Waals surface area (Å²) in [5.41, 5.74) is 0.827. The molecule has 1 aromatic carbocycles. The molecule has 4 heteroatoms. The first kappa shape index (κ1) is 15.0. The van der Waals surface area contributed by atoms with Gasteiger partial charge in [0.2, 0.25) is 5.91 Å². The standard InChI is InChI=1S/C16H23NO3/c1-2-20-14-8-12(9-14)10-16(19)17-11-15(18)13-6-4-3-5-7-13/h3-7,12,14-15,18H,2,8-11H2,1H3,(H,17,19). The van der Waals surface area contributed by atoms with Crippen molar-refractivity contribution in [1.29, 1.82) is 0 Å². The summed E-state index contributed by atoms with van der Waals surface area (Å²) in [6, 6.07) is 9.37. The zero-order valence-corrected chi connectivity index (χ0v) is 11.9. The van der Waals surface area contributed by atoms with E-state index < -0.39 is 6.10 Å². The number of benzene rings is 1. The number of carbonyl (C=O) groups is 1. The van der Waals surface area contributed by atoms with Crippen LogP contribution in [0, 0.1) is 5.92 Å². The van der Waals surface area contributed by atoms with E-state index in [1.54, 1.807) is 0 Å². The van der Waals surface area contributed by atoms with Gasteiger partial charge in [0.15, 0.2) is 0 Å². The number of carbonyl (C=O) groups excluding carboxylic acids is 1. The molecular formula is C16H23NO3. The van der Waals surface area contributed by atoms with Crippen molar-refractivity contribution in [3.63, 3.8) is 0 Å². The molecule has 0 aliphatic heterocycles. The number of rotatable bonds is 7. The quantitative estimate of drug-likeness (QED) is 0.802. The average Bonchev–Trinajstić information content (AvgIpc) is 2.43. The maximum atomic E-state index is 11.8. The van der Waals surface area contributed by atoms with Crippen LogP contribution in [0.2, 0.25) is 0 Å². The number of hydrogen-bond donors (Lipinski definition) is 2. The molecule has 0 heterocycles. The molecule has 1 atom stereocenters. The molecule has 0 bridgehead atoms. The van der Waals surface area contributed by atoms with E-state index in [1.165, 1.54) is 0 Å². The largest absolute Gasteiger partial charge is 0.387 e. The summed E-state index contributed by atoms with van der Waals surface area (Å²) < 4.78 is 5.47. The molecule has 1 saturated carbocycles. The Morgan fingerprint density at radius 2 is 2.10 bits per heavy atom. The van der Waals surface area contributed by atoms with E-state index in [0.717, 1.165) is 25.0 Å². The highest BCUT2D eigenvalue weighted by molar-refractivity contribution is 5.76. The summed E-state index contributed by atoms with van der Waals surface area (Å²) in [5.74, 6) is 0.445. The first-order chi connectivity index (χ1) is 9.69. The lowest BCUT2D eigenvalue weighted by Crippen LogP contribution is -2.36. The molecule has 0 aromatic heterocycles. The van der Waals surface area contributed by atoms with Gasteiger partial charge in [0.25, 0.3) is 0 Å². The summed E-state index contributed by atoms with van der Waals surface area (Å²) in [5, 5.41) is 12.7. The number of hydrogen-bond acceptors (Lipinski definition) is 3. The van der Waals surface area contributed by atoms with Gasteiger partial charge in [0, 0.05) is 19.6 Å². The number of aliphatic hydroxyl groups excluding tert-OH is 1. The molecule has 110 valence electrons. The Balaban J connectivity index is 1.64. The van der Waals surface area contributed by atoms with Crippen LogP contribution in [-0.2, 0) is 9.53 Å². The number of amides is 1. The van der Waals surface area contributed by atoms with Crippen molar-refractivity contribution < 1.29 is 14.6 Å². The molecule has 0 spiro atoms. The monoisotopic (exact) mass is 277 g/mol. The summed E-state index contributed by atoms with van der Waals surface area (Å²) in [6.45, 7) is 3.00. The smallest absolute Gasteiger partial charge is 0.220 e. The Morgan fingerprint density at radius 3 is 2.75 bits per heavy atom. The van der Waals surface area contributed by atoms with Crippen molar-refractivity contribution in [3.8, 4) is 0 Å². The third-order valence-electron chi connectivity index (χ3n) is 3.75. The van der Waals surface area contributed by atoms with Crippen LogP contribution >= 0.6 is 0 Å². The zero-order chi connectivity index (χ0) is 14.4. The van der Waals surface area contributed by atoms with Crippen LogP contribution in [0.4, 0.5) is 0 Å². The predicted octanol–water partition coefficient (Wildman–Crippen LogP) is 2.04. The first-order valence-electron chi connectivity index (χ1n) is 7.30. The molecule has 2 rings (SSSR count). The lowest BCUT2D eigenvalue weighted by molar-refractivity contribution is -0.124. The fraction of sp³-hybridized carbons (Fsp3) is 0.562. The van der Waals surface area contributed by atoms with E-state index in [0.29, 0.717) is 18.4 Å². The van der Waals surface area contributed by atoms with Crippen LogP contribution in [-0.4, -0.2) is 30.3 Å². The third kappa shape index (κ3) is 4.32. The van der Waals surface area contributed by atoms with Gasteiger partial charge in [-0.05, 0) is 31.2 Å². The van der Waals surface area contributed by atoms with Crippen LogP contribution in [0.5, 0.6) is 0 Å². The van der Waals surface area contributed by atoms with Gasteiger partial charge in [-0.25, -0.2) is 0 Å². The molecule has 1 aliphatic rings. The second kappa shape index (κ2) is 7.41. The van der Waals surface area contributed by atoms with Gasteiger partial charge >= 0.3 is 0 Å². The van der Waals surface area contributed by atoms with Crippen molar-refractivity contribution in [2.24, 2.45) is 5.92 Å². The van der Waals surface area contributed by atoms with E-state index in [-0.39, 0.29) is 12.5 Å². The highest BCUT2D eigenvalue weighted by atomic mass is 16.5. The Bertz CT molecular complexity index is 415. The van der Waals surface area contributed by atoms with Crippen molar-refractivity contribution in [2.45, 2.75) is 38.4 Å². The number of nitrogens with one attached hydrogen (secondary N) is 1. The zero-order valence-electron chi connectivity index (χ0n) is 11.9. The molecule has 1 aliphatic carbocycles. The van der Waals surface area contributed by atoms with Crippen LogP contribution in [0.25, 0.3) is 0 Å². The molecule has 4 nitrogen and oxygen atoms in total. The Hall–Kier alpha value is -1.39. The van der Waals surface area contributed by atoms with Gasteiger partial charge in [-0.3, -0.25) is 4.79 Å². The van der Waals surface area contributed by atoms with Crippen molar-refractivity contribution >= 4 is 5.91 Å². The molecule has 1 aromatic rings. The summed E-state index contributed by atoms with van der Waals surface area (Å²) >= 11 is 0. The summed E-state index contributed by atoms with van der Waals surface area (Å²) in [6.07, 6.45) is 2.18. The normalized spacial score (nSPS) is 22.9. The fourth-order valence-electron chi connectivity index (χ4n) is 2.55. The second-order valence-electron chi connectivity index (χ2n) is 5.35. The van der Waals surface area contributed by atoms with Gasteiger partial charge < -0.3 is 15.2 Å². The molecule has 2 N–H and O–H groups in total. The van der Waals surface area contributed by atoms with Gasteiger partial charge in [-0.15, -0.1) is 0 Å². The van der Waals surface area contributed by atoms with Crippen LogP contribution in [0.3, 0.4) is 0 Å². The molecule has 1 fully saturated rings. The number of aliphatic hydroxyl groups is 1. The maximum absolute atomic E-state index is 11.8. The molecule has 1 amide bonds. The molecular weight excluding hydrogens is 254 g/mol. The topological polar surface area (TPSA) is 58.6 Å². The first-order valence-corrected chi connectivity index (χ1v) is 7.30. The SMILES string of the molecule is CCOC1CC(CC(=O)NCC(O)c2ccccc2)C1. The van der Waals surface area contributed by atoms with Crippen LogP contribution in [0.1, 0.15) is 37.9 Å². The minimum atomic E-state index is -0.641. The van der Waals surface area contributed by atoms with E-state index >= 15 is 0 Å². The molecule has 0 radical (unpaired) electrons. The second-order valence-corrected chi connectivity index (χ2v) is 5.35. The van der Waals surface area contributed by atoms with Crippen molar-refractivity contribution in [1.82, 2.24) is 5.32 Å². The van der Waals surface area contributed by atoms with Gasteiger partial charge in [0.05, 0.1) is 12.2 Å². The average molecular weight is 277 g/mol. The molecule has 20 heavy (non-hydrogen) atoms. The maximum Gasteiger partial charge on any atom is 0.220 e. The molecule has 1 unspecified atom stereocenters. The number of ether oxygens (including phenoxy) is 1. The molecule has 0 saturated heterocycles. The van der Waals surface area contributed by atoms with E-state index in [1.807, 2.05) is 37.3 Å². The minimum absolute atomic E-state index is 0.0138. The Kier molecular flexibility index (Phi) is 5.56. The van der Waals surface area contributed by atoms with Gasteiger partial charge in [-0.2, -0.15) is 0 Å². The lowest BCUT2D eigenvalue weighted by Gasteiger charge is -2.34. The van der Waals surface area contributed by atoms with E-state index in [4.69, 9.17) is 4.74 Å². The van der Waals surface area contributed by atoms with Crippen LogP contribution in [0.15, 0.2) is 30.3 Å².